The number of nitrogens with one attached hydrogen (secondary N) is 2. The third-order valence-corrected chi connectivity index (χ3v) is 3.37. The van der Waals surface area contributed by atoms with Gasteiger partial charge in [-0.15, -0.1) is 0 Å². The Bertz CT molecular complexity index is 673. The van der Waals surface area contributed by atoms with Gasteiger partial charge < -0.3 is 5.32 Å². The lowest BCUT2D eigenvalue weighted by Gasteiger charge is -2.06. The quantitative estimate of drug-likeness (QED) is 0.891. The van der Waals surface area contributed by atoms with E-state index < -0.39 is 5.56 Å². The van der Waals surface area contributed by atoms with Crippen molar-refractivity contribution in [1.29, 1.82) is 0 Å². The van der Waals surface area contributed by atoms with Gasteiger partial charge in [-0.05, 0) is 17.7 Å². The molecule has 8 heteroatoms. The Labute approximate surface area is 124 Å². The molecule has 2 aromatic heterocycles. The van der Waals surface area contributed by atoms with Gasteiger partial charge >= 0.3 is 0 Å². The number of pyridine rings is 1. The SMILES string of the molecule is O=C(Cc1n[nH]c(=O)c(Cl)c1Cl)NCc1ccncc1. The molecule has 0 fully saturated rings. The van der Waals surface area contributed by atoms with Gasteiger partial charge in [-0.3, -0.25) is 14.6 Å². The molecule has 0 bridgehead atoms. The monoisotopic (exact) mass is 312 g/mol. The van der Waals surface area contributed by atoms with E-state index in [1.54, 1.807) is 24.5 Å². The number of aromatic amines is 1. The van der Waals surface area contributed by atoms with Gasteiger partial charge in [-0.2, -0.15) is 5.10 Å². The zero-order valence-corrected chi connectivity index (χ0v) is 11.7. The largest absolute Gasteiger partial charge is 0.352 e. The van der Waals surface area contributed by atoms with Crippen LogP contribution >= 0.6 is 23.2 Å². The first-order valence-electron chi connectivity index (χ1n) is 5.66. The summed E-state index contributed by atoms with van der Waals surface area (Å²) in [7, 11) is 0. The van der Waals surface area contributed by atoms with Crippen molar-refractivity contribution in [3.05, 3.63) is 56.2 Å². The molecule has 6 nitrogen and oxygen atoms in total. The van der Waals surface area contributed by atoms with E-state index in [4.69, 9.17) is 23.2 Å². The predicted octanol–water partition coefficient (Wildman–Crippen LogP) is 1.33. The fourth-order valence-electron chi connectivity index (χ4n) is 1.48. The molecule has 2 rings (SSSR count). The lowest BCUT2D eigenvalue weighted by Crippen LogP contribution is -2.26. The summed E-state index contributed by atoms with van der Waals surface area (Å²) in [5.74, 6) is -0.278. The summed E-state index contributed by atoms with van der Waals surface area (Å²) in [5.41, 5.74) is 0.563. The molecule has 0 unspecified atom stereocenters. The van der Waals surface area contributed by atoms with Crippen molar-refractivity contribution in [2.75, 3.05) is 0 Å². The number of aromatic nitrogens is 3. The third kappa shape index (κ3) is 3.55. The van der Waals surface area contributed by atoms with Crippen molar-refractivity contribution in [2.45, 2.75) is 13.0 Å². The second-order valence-electron chi connectivity index (χ2n) is 3.94. The van der Waals surface area contributed by atoms with Crippen LogP contribution in [0.1, 0.15) is 11.3 Å². The lowest BCUT2D eigenvalue weighted by atomic mass is 10.2. The molecule has 0 aromatic carbocycles. The minimum atomic E-state index is -0.586. The van der Waals surface area contributed by atoms with Crippen LogP contribution in [0.15, 0.2) is 29.3 Å². The Morgan fingerprint density at radius 2 is 1.95 bits per heavy atom. The topological polar surface area (TPSA) is 87.7 Å². The van der Waals surface area contributed by atoms with Gasteiger partial charge in [0.1, 0.15) is 5.02 Å². The van der Waals surface area contributed by atoms with Crippen LogP contribution in [0.5, 0.6) is 0 Å². The van der Waals surface area contributed by atoms with Crippen LogP contribution in [0.2, 0.25) is 10.0 Å². The van der Waals surface area contributed by atoms with E-state index in [1.807, 2.05) is 0 Å². The van der Waals surface area contributed by atoms with Crippen molar-refractivity contribution in [3.8, 4) is 0 Å². The highest BCUT2D eigenvalue weighted by Crippen LogP contribution is 2.20. The maximum atomic E-state index is 11.8. The molecule has 0 aliphatic heterocycles. The van der Waals surface area contributed by atoms with E-state index >= 15 is 0 Å². The number of rotatable bonds is 4. The molecule has 0 spiro atoms. The Morgan fingerprint density at radius 3 is 2.65 bits per heavy atom. The average Bonchev–Trinajstić information content (AvgIpc) is 2.47. The van der Waals surface area contributed by atoms with Crippen LogP contribution in [0.3, 0.4) is 0 Å². The predicted molar refractivity (Wildman–Crippen MR) is 74.7 cm³/mol. The molecule has 2 aromatic rings. The highest BCUT2D eigenvalue weighted by molar-refractivity contribution is 6.42. The first-order chi connectivity index (χ1) is 9.58. The first kappa shape index (κ1) is 14.5. The summed E-state index contributed by atoms with van der Waals surface area (Å²) in [6.45, 7) is 0.371. The highest BCUT2D eigenvalue weighted by Gasteiger charge is 2.13. The van der Waals surface area contributed by atoms with Crippen LogP contribution < -0.4 is 10.9 Å². The van der Waals surface area contributed by atoms with Gasteiger partial charge in [0, 0.05) is 18.9 Å². The molecule has 0 atom stereocenters. The van der Waals surface area contributed by atoms with Crippen molar-refractivity contribution in [1.82, 2.24) is 20.5 Å². The minimum absolute atomic E-state index is 0.00511. The zero-order chi connectivity index (χ0) is 14.5. The third-order valence-electron chi connectivity index (χ3n) is 2.50. The van der Waals surface area contributed by atoms with Gasteiger partial charge in [0.25, 0.3) is 5.56 Å². The molecule has 2 N–H and O–H groups in total. The summed E-state index contributed by atoms with van der Waals surface area (Å²) >= 11 is 11.5. The molecular weight excluding hydrogens is 303 g/mol. The Balaban J connectivity index is 1.99. The van der Waals surface area contributed by atoms with Crippen molar-refractivity contribution in [2.24, 2.45) is 0 Å². The number of hydrogen-bond acceptors (Lipinski definition) is 4. The van der Waals surface area contributed by atoms with E-state index in [9.17, 15) is 9.59 Å². The molecule has 0 aliphatic rings. The normalized spacial score (nSPS) is 10.3. The summed E-state index contributed by atoms with van der Waals surface area (Å²) < 4.78 is 0. The number of halogens is 2. The number of carbonyl (C=O) groups excluding carboxylic acids is 1. The molecule has 20 heavy (non-hydrogen) atoms. The second kappa shape index (κ2) is 6.49. The highest BCUT2D eigenvalue weighted by atomic mass is 35.5. The summed E-state index contributed by atoms with van der Waals surface area (Å²) in [4.78, 5) is 26.8. The summed E-state index contributed by atoms with van der Waals surface area (Å²) in [6, 6.07) is 3.59. The average molecular weight is 313 g/mol. The Hall–Kier alpha value is -1.92. The molecule has 104 valence electrons. The minimum Gasteiger partial charge on any atom is -0.352 e. The zero-order valence-electron chi connectivity index (χ0n) is 10.2. The van der Waals surface area contributed by atoms with Crippen LogP contribution in [-0.4, -0.2) is 21.1 Å². The summed E-state index contributed by atoms with van der Waals surface area (Å²) in [5, 5.41) is 8.42. The number of hydrogen-bond donors (Lipinski definition) is 2. The standard InChI is InChI=1S/C12H10Cl2N4O2/c13-10-8(17-18-12(20)11(10)14)5-9(19)16-6-7-1-3-15-4-2-7/h1-4H,5-6H2,(H,16,19)(H,18,20). The summed E-state index contributed by atoms with van der Waals surface area (Å²) in [6.07, 6.45) is 3.21. The number of amides is 1. The first-order valence-corrected chi connectivity index (χ1v) is 6.41. The van der Waals surface area contributed by atoms with Crippen molar-refractivity contribution < 1.29 is 4.79 Å². The molecule has 0 saturated carbocycles. The van der Waals surface area contributed by atoms with Gasteiger partial charge in [0.2, 0.25) is 5.91 Å². The van der Waals surface area contributed by atoms with E-state index in [2.05, 4.69) is 20.5 Å². The fraction of sp³-hybridized carbons (Fsp3) is 0.167. The van der Waals surface area contributed by atoms with Gasteiger partial charge in [-0.25, -0.2) is 5.10 Å². The Kier molecular flexibility index (Phi) is 4.70. The van der Waals surface area contributed by atoms with Crippen LogP contribution in [0.25, 0.3) is 0 Å². The maximum absolute atomic E-state index is 11.8. The van der Waals surface area contributed by atoms with Gasteiger partial charge in [0.05, 0.1) is 17.1 Å². The lowest BCUT2D eigenvalue weighted by molar-refractivity contribution is -0.120. The molecule has 0 radical (unpaired) electrons. The molecule has 2 heterocycles. The van der Waals surface area contributed by atoms with E-state index in [0.29, 0.717) is 6.54 Å². The van der Waals surface area contributed by atoms with Crippen LogP contribution in [-0.2, 0) is 17.8 Å². The van der Waals surface area contributed by atoms with Crippen molar-refractivity contribution >= 4 is 29.1 Å². The number of carbonyl (C=O) groups is 1. The molecule has 0 aliphatic carbocycles. The van der Waals surface area contributed by atoms with E-state index in [-0.39, 0.29) is 28.1 Å². The van der Waals surface area contributed by atoms with E-state index in [1.165, 1.54) is 0 Å². The van der Waals surface area contributed by atoms with Crippen LogP contribution in [0.4, 0.5) is 0 Å². The second-order valence-corrected chi connectivity index (χ2v) is 4.69. The number of H-pyrrole nitrogens is 1. The van der Waals surface area contributed by atoms with Crippen molar-refractivity contribution in [3.63, 3.8) is 0 Å². The Morgan fingerprint density at radius 1 is 1.25 bits per heavy atom. The fourth-order valence-corrected chi connectivity index (χ4v) is 1.82. The van der Waals surface area contributed by atoms with Gasteiger partial charge in [0.15, 0.2) is 0 Å². The molecular formula is C12H10Cl2N4O2. The smallest absolute Gasteiger partial charge is 0.284 e. The molecule has 1 amide bonds. The molecule has 0 saturated heterocycles. The van der Waals surface area contributed by atoms with E-state index in [0.717, 1.165) is 5.56 Å². The maximum Gasteiger partial charge on any atom is 0.284 e. The van der Waals surface area contributed by atoms with Crippen LogP contribution in [0, 0.1) is 0 Å². The van der Waals surface area contributed by atoms with Gasteiger partial charge in [-0.1, -0.05) is 23.2 Å². The number of nitrogens with zero attached hydrogens (tertiary/aromatic N) is 2.